The number of aromatic amines is 2. The summed E-state index contributed by atoms with van der Waals surface area (Å²) in [5.41, 5.74) is 1.80. The van der Waals surface area contributed by atoms with Crippen LogP contribution in [0, 0.1) is 0 Å². The Hall–Kier alpha value is -3.11. The molecule has 3 rings (SSSR count). The molecule has 1 atom stereocenters. The Bertz CT molecular complexity index is 914. The number of nitrogens with one attached hydrogen (secondary N) is 3. The van der Waals surface area contributed by atoms with E-state index in [1.807, 2.05) is 14.1 Å². The molecule has 162 valence electrons. The molecule has 0 bridgehead atoms. The van der Waals surface area contributed by atoms with Gasteiger partial charge in [0, 0.05) is 33.0 Å². The lowest BCUT2D eigenvalue weighted by Gasteiger charge is -2.18. The number of anilines is 2. The number of rotatable bonds is 9. The minimum atomic E-state index is -0.404. The van der Waals surface area contributed by atoms with E-state index in [-0.39, 0.29) is 17.7 Å². The zero-order chi connectivity index (χ0) is 21.8. The van der Waals surface area contributed by atoms with Gasteiger partial charge in [-0.1, -0.05) is 0 Å². The predicted octanol–water partition coefficient (Wildman–Crippen LogP) is 0.980. The first kappa shape index (κ1) is 21.6. The molecule has 1 aliphatic heterocycles. The van der Waals surface area contributed by atoms with E-state index in [1.165, 1.54) is 4.90 Å². The van der Waals surface area contributed by atoms with Crippen molar-refractivity contribution >= 4 is 29.1 Å². The first-order chi connectivity index (χ1) is 14.3. The fourth-order valence-corrected chi connectivity index (χ4v) is 2.94. The molecular weight excluding hydrogens is 388 g/mol. The Morgan fingerprint density at radius 1 is 1.03 bits per heavy atom. The van der Waals surface area contributed by atoms with Crippen molar-refractivity contribution in [3.05, 3.63) is 35.9 Å². The monoisotopic (exact) mass is 416 g/mol. The van der Waals surface area contributed by atoms with E-state index in [0.717, 1.165) is 13.0 Å². The summed E-state index contributed by atoms with van der Waals surface area (Å²) < 4.78 is 4.93. The number of carbonyl (C=O) groups is 3. The third-order valence-corrected chi connectivity index (χ3v) is 4.84. The zero-order valence-electron chi connectivity index (χ0n) is 17.7. The van der Waals surface area contributed by atoms with Gasteiger partial charge in [0.25, 0.3) is 17.7 Å². The Kier molecular flexibility index (Phi) is 6.58. The molecule has 0 saturated carbocycles. The summed E-state index contributed by atoms with van der Waals surface area (Å²) in [5.74, 6) is -0.659. The molecule has 0 aliphatic carbocycles. The normalized spacial score (nSPS) is 15.2. The van der Waals surface area contributed by atoms with Crippen molar-refractivity contribution in [3.8, 4) is 0 Å². The molecule has 1 unspecified atom stereocenters. The minimum Gasteiger partial charge on any atom is -0.363 e. The number of nitrogens with zero attached hydrogens (tertiary/aromatic N) is 3. The molecule has 0 aromatic carbocycles. The van der Waals surface area contributed by atoms with Crippen LogP contribution in [0.4, 0.5) is 11.4 Å². The van der Waals surface area contributed by atoms with Gasteiger partial charge in [0.05, 0.1) is 18.0 Å². The van der Waals surface area contributed by atoms with Gasteiger partial charge < -0.3 is 34.7 Å². The maximum atomic E-state index is 12.8. The van der Waals surface area contributed by atoms with Gasteiger partial charge in [-0.25, -0.2) is 0 Å². The van der Waals surface area contributed by atoms with Gasteiger partial charge in [-0.15, -0.1) is 0 Å². The third-order valence-electron chi connectivity index (χ3n) is 4.84. The summed E-state index contributed by atoms with van der Waals surface area (Å²) in [6.45, 7) is 1.96. The number of carbonyl (C=O) groups excluding carboxylic acids is 3. The van der Waals surface area contributed by atoms with Gasteiger partial charge >= 0.3 is 0 Å². The second-order valence-corrected chi connectivity index (χ2v) is 7.63. The van der Waals surface area contributed by atoms with Crippen LogP contribution in [0.2, 0.25) is 0 Å². The Morgan fingerprint density at radius 3 is 2.37 bits per heavy atom. The van der Waals surface area contributed by atoms with Crippen molar-refractivity contribution in [3.63, 3.8) is 0 Å². The predicted molar refractivity (Wildman–Crippen MR) is 113 cm³/mol. The summed E-state index contributed by atoms with van der Waals surface area (Å²) in [7, 11) is 7.37. The van der Waals surface area contributed by atoms with E-state index in [2.05, 4.69) is 20.2 Å². The number of hydrogen-bond acceptors (Lipinski definition) is 5. The summed E-state index contributed by atoms with van der Waals surface area (Å²) in [5, 5.41) is 2.69. The summed E-state index contributed by atoms with van der Waals surface area (Å²) >= 11 is 0. The fraction of sp³-hybridized carbons (Fsp3) is 0.450. The van der Waals surface area contributed by atoms with Crippen LogP contribution in [0.3, 0.4) is 0 Å². The molecule has 1 fully saturated rings. The lowest BCUT2D eigenvalue weighted by atomic mass is 10.3. The van der Waals surface area contributed by atoms with E-state index in [4.69, 9.17) is 4.74 Å². The molecule has 10 nitrogen and oxygen atoms in total. The number of aromatic nitrogens is 2. The SMILES string of the molecule is CN(C)CCCN(C)C(=O)c1cc(N(C)C(=O)c2cc(NC(=O)C3CO3)c[nH]2)c[nH]1. The van der Waals surface area contributed by atoms with Gasteiger partial charge in [0.2, 0.25) is 0 Å². The quantitative estimate of drug-likeness (QED) is 0.527. The van der Waals surface area contributed by atoms with E-state index in [9.17, 15) is 14.4 Å². The van der Waals surface area contributed by atoms with Crippen molar-refractivity contribution in [1.29, 1.82) is 0 Å². The highest BCUT2D eigenvalue weighted by Gasteiger charge is 2.31. The Labute approximate surface area is 175 Å². The minimum absolute atomic E-state index is 0.131. The number of epoxide rings is 1. The van der Waals surface area contributed by atoms with Crippen LogP contribution in [0.15, 0.2) is 24.5 Å². The van der Waals surface area contributed by atoms with Crippen LogP contribution in [0.5, 0.6) is 0 Å². The molecule has 3 N–H and O–H groups in total. The smallest absolute Gasteiger partial charge is 0.274 e. The van der Waals surface area contributed by atoms with Crippen LogP contribution in [0.1, 0.15) is 27.4 Å². The Morgan fingerprint density at radius 2 is 1.70 bits per heavy atom. The van der Waals surface area contributed by atoms with Gasteiger partial charge in [-0.3, -0.25) is 14.4 Å². The van der Waals surface area contributed by atoms with E-state index in [1.54, 1.807) is 43.5 Å². The molecular formula is C20H28N6O4. The van der Waals surface area contributed by atoms with Gasteiger partial charge in [-0.2, -0.15) is 0 Å². The number of amides is 3. The van der Waals surface area contributed by atoms with Crippen molar-refractivity contribution in [2.75, 3.05) is 58.1 Å². The van der Waals surface area contributed by atoms with Crippen molar-refractivity contribution in [1.82, 2.24) is 19.8 Å². The number of hydrogen-bond donors (Lipinski definition) is 3. The average molecular weight is 416 g/mol. The van der Waals surface area contributed by atoms with Crippen LogP contribution in [0.25, 0.3) is 0 Å². The molecule has 0 radical (unpaired) electrons. The summed E-state index contributed by atoms with van der Waals surface area (Å²) in [6, 6.07) is 3.22. The summed E-state index contributed by atoms with van der Waals surface area (Å²) in [4.78, 5) is 48.0. The average Bonchev–Trinajstić information content (AvgIpc) is 3.27. The number of ether oxygens (including phenoxy) is 1. The first-order valence-electron chi connectivity index (χ1n) is 9.74. The van der Waals surface area contributed by atoms with E-state index in [0.29, 0.717) is 35.9 Å². The molecule has 1 saturated heterocycles. The molecule has 2 aromatic heterocycles. The number of H-pyrrole nitrogens is 2. The van der Waals surface area contributed by atoms with Gasteiger partial charge in [0.1, 0.15) is 11.4 Å². The highest BCUT2D eigenvalue weighted by molar-refractivity contribution is 6.06. The molecule has 30 heavy (non-hydrogen) atoms. The second kappa shape index (κ2) is 9.14. The second-order valence-electron chi connectivity index (χ2n) is 7.63. The van der Waals surface area contributed by atoms with Crippen LogP contribution >= 0.6 is 0 Å². The highest BCUT2D eigenvalue weighted by Crippen LogP contribution is 2.20. The maximum Gasteiger partial charge on any atom is 0.274 e. The summed E-state index contributed by atoms with van der Waals surface area (Å²) in [6.07, 6.45) is 3.64. The molecule has 3 heterocycles. The topological polar surface area (TPSA) is 117 Å². The van der Waals surface area contributed by atoms with Crippen LogP contribution < -0.4 is 10.2 Å². The van der Waals surface area contributed by atoms with E-state index >= 15 is 0 Å². The Balaban J connectivity index is 1.59. The van der Waals surface area contributed by atoms with Crippen LogP contribution in [-0.2, 0) is 9.53 Å². The molecule has 1 aliphatic rings. The maximum absolute atomic E-state index is 12.8. The third kappa shape index (κ3) is 5.28. The molecule has 2 aromatic rings. The van der Waals surface area contributed by atoms with Crippen molar-refractivity contribution in [2.24, 2.45) is 0 Å². The molecule has 0 spiro atoms. The first-order valence-corrected chi connectivity index (χ1v) is 9.74. The largest absolute Gasteiger partial charge is 0.363 e. The standard InChI is InChI=1S/C20H28N6O4/c1-24(2)6-5-7-25(3)19(28)16-9-14(11-22-16)26(4)20(29)15-8-13(10-21-15)23-18(27)17-12-30-17/h8-11,17,21-22H,5-7,12H2,1-4H3,(H,23,27). The zero-order valence-corrected chi connectivity index (χ0v) is 17.7. The van der Waals surface area contributed by atoms with Crippen molar-refractivity contribution in [2.45, 2.75) is 12.5 Å². The fourth-order valence-electron chi connectivity index (χ4n) is 2.94. The highest BCUT2D eigenvalue weighted by atomic mass is 16.6. The van der Waals surface area contributed by atoms with Crippen LogP contribution in [-0.4, -0.2) is 91.5 Å². The van der Waals surface area contributed by atoms with Crippen molar-refractivity contribution < 1.29 is 19.1 Å². The van der Waals surface area contributed by atoms with Gasteiger partial charge in [-0.05, 0) is 39.2 Å². The molecule has 3 amide bonds. The lowest BCUT2D eigenvalue weighted by molar-refractivity contribution is -0.117. The lowest BCUT2D eigenvalue weighted by Crippen LogP contribution is -2.30. The van der Waals surface area contributed by atoms with Gasteiger partial charge in [0.15, 0.2) is 6.10 Å². The van der Waals surface area contributed by atoms with E-state index < -0.39 is 6.10 Å². The molecule has 10 heteroatoms.